The van der Waals surface area contributed by atoms with Gasteiger partial charge in [0.05, 0.1) is 5.69 Å². The first kappa shape index (κ1) is 12.2. The average molecular weight is 245 g/mol. The van der Waals surface area contributed by atoms with Gasteiger partial charge in [-0.2, -0.15) is 0 Å². The standard InChI is InChI=1S/C13H15N3O2/c1-10-9-12(18-16-10)15-13(17)14-8-7-11-5-3-2-4-6-11/h2-6,9H,7-8H2,1H3,(H2,14,15,17). The van der Waals surface area contributed by atoms with Crippen molar-refractivity contribution in [2.45, 2.75) is 13.3 Å². The van der Waals surface area contributed by atoms with Gasteiger partial charge in [0.2, 0.25) is 5.88 Å². The van der Waals surface area contributed by atoms with Gasteiger partial charge in [-0.1, -0.05) is 35.5 Å². The van der Waals surface area contributed by atoms with E-state index >= 15 is 0 Å². The van der Waals surface area contributed by atoms with Crippen molar-refractivity contribution in [2.75, 3.05) is 11.9 Å². The molecule has 0 radical (unpaired) electrons. The number of aryl methyl sites for hydroxylation is 1. The van der Waals surface area contributed by atoms with E-state index in [0.717, 1.165) is 12.1 Å². The van der Waals surface area contributed by atoms with Crippen LogP contribution >= 0.6 is 0 Å². The minimum absolute atomic E-state index is 0.290. The molecule has 0 aliphatic rings. The Morgan fingerprint density at radius 3 is 2.78 bits per heavy atom. The SMILES string of the molecule is Cc1cc(NC(=O)NCCc2ccccc2)on1. The molecule has 0 fully saturated rings. The van der Waals surface area contributed by atoms with Crippen LogP contribution in [0.5, 0.6) is 0 Å². The van der Waals surface area contributed by atoms with Crippen LogP contribution in [0.2, 0.25) is 0 Å². The Kier molecular flexibility index (Phi) is 3.96. The Morgan fingerprint density at radius 2 is 2.11 bits per heavy atom. The Hall–Kier alpha value is -2.30. The lowest BCUT2D eigenvalue weighted by Crippen LogP contribution is -2.30. The summed E-state index contributed by atoms with van der Waals surface area (Å²) in [7, 11) is 0. The molecular weight excluding hydrogens is 230 g/mol. The number of nitrogens with zero attached hydrogens (tertiary/aromatic N) is 1. The van der Waals surface area contributed by atoms with Crippen LogP contribution in [0.4, 0.5) is 10.7 Å². The lowest BCUT2D eigenvalue weighted by molar-refractivity contribution is 0.251. The molecule has 1 heterocycles. The van der Waals surface area contributed by atoms with Crippen molar-refractivity contribution in [3.8, 4) is 0 Å². The first-order valence-electron chi connectivity index (χ1n) is 5.76. The zero-order valence-electron chi connectivity index (χ0n) is 10.1. The van der Waals surface area contributed by atoms with Crippen LogP contribution < -0.4 is 10.6 Å². The van der Waals surface area contributed by atoms with E-state index in [4.69, 9.17) is 4.52 Å². The molecule has 0 aliphatic heterocycles. The van der Waals surface area contributed by atoms with E-state index in [-0.39, 0.29) is 6.03 Å². The molecule has 0 saturated heterocycles. The van der Waals surface area contributed by atoms with E-state index < -0.39 is 0 Å². The highest BCUT2D eigenvalue weighted by Crippen LogP contribution is 2.07. The molecule has 2 N–H and O–H groups in total. The number of amides is 2. The first-order chi connectivity index (χ1) is 8.74. The third-order valence-corrected chi connectivity index (χ3v) is 2.41. The van der Waals surface area contributed by atoms with Crippen molar-refractivity contribution in [3.63, 3.8) is 0 Å². The van der Waals surface area contributed by atoms with Crippen LogP contribution in [0.1, 0.15) is 11.3 Å². The molecule has 2 amide bonds. The summed E-state index contributed by atoms with van der Waals surface area (Å²) in [5.41, 5.74) is 1.92. The highest BCUT2D eigenvalue weighted by Gasteiger charge is 2.05. The van der Waals surface area contributed by atoms with Gasteiger partial charge in [0.15, 0.2) is 0 Å². The van der Waals surface area contributed by atoms with Gasteiger partial charge in [-0.3, -0.25) is 5.32 Å². The zero-order chi connectivity index (χ0) is 12.8. The van der Waals surface area contributed by atoms with E-state index in [1.807, 2.05) is 30.3 Å². The topological polar surface area (TPSA) is 67.2 Å². The number of hydrogen-bond acceptors (Lipinski definition) is 3. The summed E-state index contributed by atoms with van der Waals surface area (Å²) in [6.07, 6.45) is 0.795. The molecule has 0 aliphatic carbocycles. The fourth-order valence-corrected chi connectivity index (χ4v) is 1.54. The number of urea groups is 1. The summed E-state index contributed by atoms with van der Waals surface area (Å²) in [6, 6.07) is 11.4. The van der Waals surface area contributed by atoms with E-state index in [0.29, 0.717) is 12.4 Å². The van der Waals surface area contributed by atoms with Crippen molar-refractivity contribution in [2.24, 2.45) is 0 Å². The number of aromatic nitrogens is 1. The maximum absolute atomic E-state index is 11.5. The molecule has 1 aromatic heterocycles. The molecule has 5 nitrogen and oxygen atoms in total. The second-order valence-electron chi connectivity index (χ2n) is 3.95. The van der Waals surface area contributed by atoms with Crippen LogP contribution in [-0.2, 0) is 6.42 Å². The van der Waals surface area contributed by atoms with Gasteiger partial charge in [-0.25, -0.2) is 4.79 Å². The van der Waals surface area contributed by atoms with Gasteiger partial charge in [-0.15, -0.1) is 0 Å². The second kappa shape index (κ2) is 5.86. The van der Waals surface area contributed by atoms with Crippen LogP contribution in [0.3, 0.4) is 0 Å². The molecule has 0 unspecified atom stereocenters. The smallest absolute Gasteiger partial charge is 0.321 e. The van der Waals surface area contributed by atoms with Crippen LogP contribution in [-0.4, -0.2) is 17.7 Å². The molecule has 0 spiro atoms. The summed E-state index contributed by atoms with van der Waals surface area (Å²) in [5.74, 6) is 0.352. The average Bonchev–Trinajstić information content (AvgIpc) is 2.76. The van der Waals surface area contributed by atoms with Crippen LogP contribution in [0, 0.1) is 6.92 Å². The fraction of sp³-hybridized carbons (Fsp3) is 0.231. The quantitative estimate of drug-likeness (QED) is 0.868. The maximum atomic E-state index is 11.5. The Balaban J connectivity index is 1.72. The van der Waals surface area contributed by atoms with Crippen LogP contribution in [0.25, 0.3) is 0 Å². The number of carbonyl (C=O) groups is 1. The lowest BCUT2D eigenvalue weighted by atomic mass is 10.1. The zero-order valence-corrected chi connectivity index (χ0v) is 10.1. The number of rotatable bonds is 4. The van der Waals surface area contributed by atoms with E-state index in [2.05, 4.69) is 15.8 Å². The Morgan fingerprint density at radius 1 is 1.33 bits per heavy atom. The van der Waals surface area contributed by atoms with Gasteiger partial charge in [0.25, 0.3) is 0 Å². The molecule has 0 atom stereocenters. The maximum Gasteiger partial charge on any atom is 0.321 e. The summed E-state index contributed by atoms with van der Waals surface area (Å²) >= 11 is 0. The molecule has 1 aromatic carbocycles. The predicted octanol–water partition coefficient (Wildman–Crippen LogP) is 2.35. The van der Waals surface area contributed by atoms with Gasteiger partial charge in [-0.05, 0) is 18.9 Å². The molecule has 2 rings (SSSR count). The largest absolute Gasteiger partial charge is 0.338 e. The predicted molar refractivity (Wildman–Crippen MR) is 68.4 cm³/mol. The number of hydrogen-bond donors (Lipinski definition) is 2. The molecule has 0 saturated carbocycles. The second-order valence-corrected chi connectivity index (χ2v) is 3.95. The van der Waals surface area contributed by atoms with Crippen LogP contribution in [0.15, 0.2) is 40.9 Å². The molecule has 2 aromatic rings. The third kappa shape index (κ3) is 3.62. The number of benzene rings is 1. The fourth-order valence-electron chi connectivity index (χ4n) is 1.54. The minimum atomic E-state index is -0.290. The molecular formula is C13H15N3O2. The number of carbonyl (C=O) groups excluding carboxylic acids is 1. The Bertz CT molecular complexity index is 508. The van der Waals surface area contributed by atoms with Gasteiger partial charge < -0.3 is 9.84 Å². The summed E-state index contributed by atoms with van der Waals surface area (Å²) in [5, 5.41) is 9.00. The van der Waals surface area contributed by atoms with Crippen molar-refractivity contribution < 1.29 is 9.32 Å². The highest BCUT2D eigenvalue weighted by molar-refractivity contribution is 5.87. The van der Waals surface area contributed by atoms with E-state index in [1.165, 1.54) is 5.56 Å². The third-order valence-electron chi connectivity index (χ3n) is 2.41. The Labute approximate surface area is 105 Å². The summed E-state index contributed by atoms with van der Waals surface area (Å²) < 4.78 is 4.88. The lowest BCUT2D eigenvalue weighted by Gasteiger charge is -2.04. The number of nitrogens with one attached hydrogen (secondary N) is 2. The number of anilines is 1. The van der Waals surface area contributed by atoms with Crippen molar-refractivity contribution in [3.05, 3.63) is 47.7 Å². The summed E-state index contributed by atoms with van der Waals surface area (Å²) in [6.45, 7) is 2.37. The molecule has 18 heavy (non-hydrogen) atoms. The van der Waals surface area contributed by atoms with Crippen molar-refractivity contribution >= 4 is 11.9 Å². The monoisotopic (exact) mass is 245 g/mol. The highest BCUT2D eigenvalue weighted by atomic mass is 16.5. The van der Waals surface area contributed by atoms with Gasteiger partial charge in [0, 0.05) is 12.6 Å². The van der Waals surface area contributed by atoms with E-state index in [9.17, 15) is 4.79 Å². The van der Waals surface area contributed by atoms with Gasteiger partial charge in [0.1, 0.15) is 0 Å². The van der Waals surface area contributed by atoms with Crippen molar-refractivity contribution in [1.29, 1.82) is 0 Å². The van der Waals surface area contributed by atoms with Gasteiger partial charge >= 0.3 is 6.03 Å². The molecule has 94 valence electrons. The molecule has 0 bridgehead atoms. The van der Waals surface area contributed by atoms with Crippen molar-refractivity contribution in [1.82, 2.24) is 10.5 Å². The first-order valence-corrected chi connectivity index (χ1v) is 5.76. The van der Waals surface area contributed by atoms with E-state index in [1.54, 1.807) is 13.0 Å². The normalized spacial score (nSPS) is 10.1. The minimum Gasteiger partial charge on any atom is -0.338 e. The summed E-state index contributed by atoms with van der Waals surface area (Å²) in [4.78, 5) is 11.5. The molecule has 5 heteroatoms.